The standard InChI is InChI=1S/C25H32N2O5/c1-4-13-31-25(29)22-16-20(7-10-23(22)27-11-14-30-15-12-27)26-24(28)17-32-21-8-5-19(6-9-21)18(2)3/h5-10,16,18H,4,11-15,17H2,1-3H3,(H,26,28). The van der Waals surface area contributed by atoms with Crippen molar-refractivity contribution >= 4 is 23.3 Å². The van der Waals surface area contributed by atoms with E-state index in [0.29, 0.717) is 55.8 Å². The van der Waals surface area contributed by atoms with Crippen molar-refractivity contribution in [1.82, 2.24) is 0 Å². The fraction of sp³-hybridized carbons (Fsp3) is 0.440. The molecule has 0 radical (unpaired) electrons. The van der Waals surface area contributed by atoms with Gasteiger partial charge in [0.2, 0.25) is 0 Å². The molecule has 2 aromatic rings. The third kappa shape index (κ3) is 6.47. The van der Waals surface area contributed by atoms with Crippen LogP contribution in [0.5, 0.6) is 5.75 Å². The number of rotatable bonds is 9. The number of nitrogens with one attached hydrogen (secondary N) is 1. The molecule has 1 N–H and O–H groups in total. The zero-order valence-corrected chi connectivity index (χ0v) is 19.1. The first kappa shape index (κ1) is 23.6. The van der Waals surface area contributed by atoms with Crippen LogP contribution in [-0.4, -0.2) is 51.4 Å². The van der Waals surface area contributed by atoms with Gasteiger partial charge in [0, 0.05) is 18.8 Å². The topological polar surface area (TPSA) is 77.1 Å². The maximum Gasteiger partial charge on any atom is 0.340 e. The quantitative estimate of drug-likeness (QED) is 0.588. The van der Waals surface area contributed by atoms with E-state index in [1.165, 1.54) is 5.56 Å². The summed E-state index contributed by atoms with van der Waals surface area (Å²) >= 11 is 0. The monoisotopic (exact) mass is 440 g/mol. The fourth-order valence-electron chi connectivity index (χ4n) is 3.42. The van der Waals surface area contributed by atoms with Crippen LogP contribution in [0.1, 0.15) is 49.0 Å². The first-order chi connectivity index (χ1) is 15.5. The summed E-state index contributed by atoms with van der Waals surface area (Å²) in [7, 11) is 0. The lowest BCUT2D eigenvalue weighted by atomic mass is 10.0. The molecule has 0 aliphatic carbocycles. The van der Waals surface area contributed by atoms with Gasteiger partial charge in [0.1, 0.15) is 5.75 Å². The molecule has 1 saturated heterocycles. The van der Waals surface area contributed by atoms with E-state index in [9.17, 15) is 9.59 Å². The van der Waals surface area contributed by atoms with Crippen LogP contribution in [0.15, 0.2) is 42.5 Å². The van der Waals surface area contributed by atoms with Crippen molar-refractivity contribution in [2.75, 3.05) is 49.7 Å². The van der Waals surface area contributed by atoms with Gasteiger partial charge in [-0.15, -0.1) is 0 Å². The highest BCUT2D eigenvalue weighted by atomic mass is 16.5. The van der Waals surface area contributed by atoms with Crippen LogP contribution in [0.4, 0.5) is 11.4 Å². The van der Waals surface area contributed by atoms with Gasteiger partial charge in [-0.1, -0.05) is 32.9 Å². The van der Waals surface area contributed by atoms with Crippen LogP contribution >= 0.6 is 0 Å². The first-order valence-electron chi connectivity index (χ1n) is 11.1. The smallest absolute Gasteiger partial charge is 0.340 e. The van der Waals surface area contributed by atoms with Crippen LogP contribution in [0.2, 0.25) is 0 Å². The minimum Gasteiger partial charge on any atom is -0.484 e. The van der Waals surface area contributed by atoms with Crippen molar-refractivity contribution in [3.63, 3.8) is 0 Å². The van der Waals surface area contributed by atoms with Gasteiger partial charge in [-0.2, -0.15) is 0 Å². The lowest BCUT2D eigenvalue weighted by molar-refractivity contribution is -0.118. The third-order valence-corrected chi connectivity index (χ3v) is 5.21. The maximum absolute atomic E-state index is 12.7. The van der Waals surface area contributed by atoms with E-state index in [-0.39, 0.29) is 12.5 Å². The molecule has 0 bridgehead atoms. The highest BCUT2D eigenvalue weighted by Crippen LogP contribution is 2.26. The highest BCUT2D eigenvalue weighted by Gasteiger charge is 2.21. The van der Waals surface area contributed by atoms with Crippen molar-refractivity contribution in [1.29, 1.82) is 0 Å². The van der Waals surface area contributed by atoms with Crippen LogP contribution in [0.3, 0.4) is 0 Å². The molecular formula is C25H32N2O5. The summed E-state index contributed by atoms with van der Waals surface area (Å²) in [5.74, 6) is 0.373. The van der Waals surface area contributed by atoms with Crippen LogP contribution < -0.4 is 15.0 Å². The van der Waals surface area contributed by atoms with E-state index >= 15 is 0 Å². The van der Waals surface area contributed by atoms with Crippen LogP contribution in [0.25, 0.3) is 0 Å². The molecule has 0 unspecified atom stereocenters. The predicted octanol–water partition coefficient (Wildman–Crippen LogP) is 4.23. The van der Waals surface area contributed by atoms with Gasteiger partial charge in [0.05, 0.1) is 31.1 Å². The molecule has 1 fully saturated rings. The Labute approximate surface area is 189 Å². The largest absolute Gasteiger partial charge is 0.484 e. The molecule has 1 aliphatic heterocycles. The molecule has 3 rings (SSSR count). The molecule has 1 heterocycles. The minimum absolute atomic E-state index is 0.123. The lowest BCUT2D eigenvalue weighted by Crippen LogP contribution is -2.37. The van der Waals surface area contributed by atoms with Crippen molar-refractivity contribution in [2.24, 2.45) is 0 Å². The number of nitrogens with zero attached hydrogens (tertiary/aromatic N) is 1. The Kier molecular flexibility index (Phi) is 8.50. The van der Waals surface area contributed by atoms with Crippen LogP contribution in [0, 0.1) is 0 Å². The molecule has 0 spiro atoms. The number of hydrogen-bond donors (Lipinski definition) is 1. The number of esters is 1. The average Bonchev–Trinajstić information content (AvgIpc) is 2.82. The number of benzene rings is 2. The van der Waals surface area contributed by atoms with E-state index in [2.05, 4.69) is 24.1 Å². The highest BCUT2D eigenvalue weighted by molar-refractivity contribution is 5.99. The van der Waals surface area contributed by atoms with Gasteiger partial charge in [0.15, 0.2) is 6.61 Å². The van der Waals surface area contributed by atoms with E-state index in [1.54, 1.807) is 12.1 Å². The Bertz CT molecular complexity index is 905. The fourth-order valence-corrected chi connectivity index (χ4v) is 3.42. The second-order valence-electron chi connectivity index (χ2n) is 8.03. The van der Waals surface area contributed by atoms with Gasteiger partial charge < -0.3 is 24.4 Å². The molecule has 0 aromatic heterocycles. The van der Waals surface area contributed by atoms with Gasteiger partial charge in [0.25, 0.3) is 5.91 Å². The number of morpholine rings is 1. The molecule has 1 aliphatic rings. The first-order valence-corrected chi connectivity index (χ1v) is 11.1. The summed E-state index contributed by atoms with van der Waals surface area (Å²) in [5.41, 5.74) is 2.95. The number of ether oxygens (including phenoxy) is 3. The summed E-state index contributed by atoms with van der Waals surface area (Å²) in [6, 6.07) is 13.0. The molecule has 32 heavy (non-hydrogen) atoms. The summed E-state index contributed by atoms with van der Waals surface area (Å²) in [6.45, 7) is 9.04. The minimum atomic E-state index is -0.397. The molecule has 2 aromatic carbocycles. The van der Waals surface area contributed by atoms with Gasteiger partial charge in [-0.25, -0.2) is 4.79 Å². The Balaban J connectivity index is 1.66. The normalized spacial score (nSPS) is 13.7. The van der Waals surface area contributed by atoms with E-state index in [4.69, 9.17) is 14.2 Å². The Morgan fingerprint density at radius 3 is 2.47 bits per heavy atom. The summed E-state index contributed by atoms with van der Waals surface area (Å²) in [6.07, 6.45) is 0.741. The summed E-state index contributed by atoms with van der Waals surface area (Å²) in [4.78, 5) is 27.2. The molecule has 1 amide bonds. The average molecular weight is 441 g/mol. The molecular weight excluding hydrogens is 408 g/mol. The van der Waals surface area contributed by atoms with E-state index < -0.39 is 5.97 Å². The molecule has 172 valence electrons. The van der Waals surface area contributed by atoms with Crippen molar-refractivity contribution in [2.45, 2.75) is 33.1 Å². The summed E-state index contributed by atoms with van der Waals surface area (Å²) < 4.78 is 16.4. The maximum atomic E-state index is 12.7. The number of hydrogen-bond acceptors (Lipinski definition) is 6. The van der Waals surface area contributed by atoms with Crippen molar-refractivity contribution in [3.8, 4) is 5.75 Å². The van der Waals surface area contributed by atoms with Crippen molar-refractivity contribution < 1.29 is 23.8 Å². The van der Waals surface area contributed by atoms with Gasteiger partial charge in [-0.3, -0.25) is 4.79 Å². The second-order valence-corrected chi connectivity index (χ2v) is 8.03. The molecule has 0 saturated carbocycles. The Morgan fingerprint density at radius 1 is 1.09 bits per heavy atom. The number of carbonyl (C=O) groups is 2. The molecule has 0 atom stereocenters. The van der Waals surface area contributed by atoms with E-state index in [1.807, 2.05) is 37.3 Å². The zero-order valence-electron chi connectivity index (χ0n) is 19.1. The van der Waals surface area contributed by atoms with Gasteiger partial charge in [-0.05, 0) is 48.2 Å². The van der Waals surface area contributed by atoms with Crippen molar-refractivity contribution in [3.05, 3.63) is 53.6 Å². The Morgan fingerprint density at radius 2 is 1.81 bits per heavy atom. The van der Waals surface area contributed by atoms with E-state index in [0.717, 1.165) is 12.1 Å². The number of carbonyl (C=O) groups excluding carboxylic acids is 2. The molecule has 7 nitrogen and oxygen atoms in total. The molecule has 7 heteroatoms. The Hall–Kier alpha value is -3.06. The third-order valence-electron chi connectivity index (χ3n) is 5.21. The summed E-state index contributed by atoms with van der Waals surface area (Å²) in [5, 5.41) is 2.81. The predicted molar refractivity (Wildman–Crippen MR) is 125 cm³/mol. The number of anilines is 2. The SMILES string of the molecule is CCCOC(=O)c1cc(NC(=O)COc2ccc(C(C)C)cc2)ccc1N1CCOCC1. The zero-order chi connectivity index (χ0) is 22.9. The second kappa shape index (κ2) is 11.5. The number of amides is 1. The lowest BCUT2D eigenvalue weighted by Gasteiger charge is -2.30. The van der Waals surface area contributed by atoms with Gasteiger partial charge >= 0.3 is 5.97 Å². The van der Waals surface area contributed by atoms with Crippen LogP contribution in [-0.2, 0) is 14.3 Å².